The van der Waals surface area contributed by atoms with Gasteiger partial charge in [-0.05, 0) is 128 Å². The molecule has 0 bridgehead atoms. The third-order valence-electron chi connectivity index (χ3n) is 22.9. The normalized spacial score (nSPS) is 20.1. The van der Waals surface area contributed by atoms with Gasteiger partial charge in [-0.3, -0.25) is 86.3 Å². The molecule has 3 aromatic heterocycles. The first kappa shape index (κ1) is 110. The molecule has 15 amide bonds. The molecule has 144 heavy (non-hydrogen) atoms. The molecule has 1 unspecified atom stereocenters. The molecule has 0 spiro atoms. The predicted octanol–water partition coefficient (Wildman–Crippen LogP) is 0.478. The first-order valence-corrected chi connectivity index (χ1v) is 48.8. The van der Waals surface area contributed by atoms with E-state index in [4.69, 9.17) is 22.4 Å². The molecule has 768 valence electrons. The third kappa shape index (κ3) is 31.7. The summed E-state index contributed by atoms with van der Waals surface area (Å²) in [6.07, 6.45) is -0.217. The molecular weight excluding hydrogens is 1930 g/mol. The number of thiocarbonyl (C=S) groups is 1. The molecular formula is C95H115N21O25S3. The number of aromatic nitrogens is 4. The highest BCUT2D eigenvalue weighted by Crippen LogP contribution is 2.43. The number of rotatable bonds is 31. The molecule has 10 rings (SSSR count). The van der Waals surface area contributed by atoms with Crippen LogP contribution in [0.5, 0.6) is 5.75 Å². The Morgan fingerprint density at radius 2 is 1.15 bits per heavy atom. The van der Waals surface area contributed by atoms with Gasteiger partial charge in [0.05, 0.1) is 43.2 Å². The number of hydrogen-bond acceptors (Lipinski definition) is 26. The first-order valence-electron chi connectivity index (χ1n) is 45.9. The van der Waals surface area contributed by atoms with Gasteiger partial charge in [-0.1, -0.05) is 106 Å². The maximum Gasteiger partial charge on any atom is 0.336 e. The lowest BCUT2D eigenvalue weighted by Gasteiger charge is -2.29. The van der Waals surface area contributed by atoms with Crippen molar-refractivity contribution in [2.75, 3.05) is 36.5 Å². The topological polar surface area (TPSA) is 717 Å². The fraction of sp³-hybridized carbons (Fsp3) is 0.400. The lowest BCUT2D eigenvalue weighted by atomic mass is 9.90. The number of amides is 15. The van der Waals surface area contributed by atoms with E-state index < -0.39 is 253 Å². The van der Waals surface area contributed by atoms with Crippen LogP contribution in [0.2, 0.25) is 0 Å². The Balaban J connectivity index is 0.944. The van der Waals surface area contributed by atoms with Gasteiger partial charge in [-0.15, -0.1) is 0 Å². The number of para-hydroxylation sites is 2. The van der Waals surface area contributed by atoms with Crippen LogP contribution in [0.4, 0.5) is 5.69 Å². The van der Waals surface area contributed by atoms with E-state index in [9.17, 15) is 97.5 Å². The lowest BCUT2D eigenvalue weighted by molar-refractivity contribution is -0.141. The van der Waals surface area contributed by atoms with Crippen molar-refractivity contribution >= 4 is 184 Å². The number of benzene rings is 5. The molecule has 1 saturated heterocycles. The van der Waals surface area contributed by atoms with E-state index in [2.05, 4.69) is 105 Å². The monoisotopic (exact) mass is 2050 g/mol. The minimum Gasteiger partial charge on any atom is -0.508 e. The van der Waals surface area contributed by atoms with Gasteiger partial charge < -0.3 is 136 Å². The summed E-state index contributed by atoms with van der Waals surface area (Å²) in [5, 5.41) is 93.8. The maximum atomic E-state index is 15.3. The number of aliphatic hydroxyl groups excluding tert-OH is 1. The number of carbonyl (C=O) groups is 18. The van der Waals surface area contributed by atoms with Crippen LogP contribution in [0.3, 0.4) is 0 Å². The molecule has 49 heteroatoms. The lowest BCUT2D eigenvalue weighted by Crippen LogP contribution is -2.61. The van der Waals surface area contributed by atoms with E-state index in [1.807, 2.05) is 0 Å². The Hall–Kier alpha value is -15.5. The summed E-state index contributed by atoms with van der Waals surface area (Å²) in [5.41, 5.74) is 8.51. The fourth-order valence-electron chi connectivity index (χ4n) is 15.7. The van der Waals surface area contributed by atoms with Crippen molar-refractivity contribution in [3.05, 3.63) is 161 Å². The van der Waals surface area contributed by atoms with Crippen molar-refractivity contribution in [1.29, 1.82) is 0 Å². The van der Waals surface area contributed by atoms with Crippen molar-refractivity contribution in [3.63, 3.8) is 0 Å². The Kier molecular flexibility index (Phi) is 39.7. The largest absolute Gasteiger partial charge is 0.508 e. The highest BCUT2D eigenvalue weighted by atomic mass is 33.1. The molecule has 26 N–H and O–H groups in total. The number of anilines is 1. The number of aromatic amines is 3. The number of aliphatic carboxylic acids is 2. The number of carboxylic acids is 3. The van der Waals surface area contributed by atoms with Crippen molar-refractivity contribution < 1.29 is 116 Å². The minimum atomic E-state index is -2.03. The van der Waals surface area contributed by atoms with Gasteiger partial charge in [0.1, 0.15) is 89.6 Å². The number of phenols is 1. The van der Waals surface area contributed by atoms with E-state index >= 15 is 19.2 Å². The van der Waals surface area contributed by atoms with E-state index in [1.165, 1.54) is 87.9 Å². The zero-order chi connectivity index (χ0) is 105. The van der Waals surface area contributed by atoms with Crippen LogP contribution < -0.4 is 96.2 Å². The molecule has 13 atom stereocenters. The second-order valence-corrected chi connectivity index (χ2v) is 38.5. The number of H-pyrrole nitrogens is 3. The molecule has 5 heterocycles. The van der Waals surface area contributed by atoms with Crippen LogP contribution in [0.1, 0.15) is 121 Å². The van der Waals surface area contributed by atoms with Gasteiger partial charge >= 0.3 is 17.9 Å². The molecule has 3 aliphatic rings. The van der Waals surface area contributed by atoms with Crippen LogP contribution in [-0.4, -0.2) is 267 Å². The van der Waals surface area contributed by atoms with Crippen LogP contribution in [0.15, 0.2) is 137 Å². The van der Waals surface area contributed by atoms with E-state index in [0.717, 1.165) is 6.92 Å². The third-order valence-corrected chi connectivity index (χ3v) is 25.6. The molecule has 1 aliphatic carbocycles. The average Bonchev–Trinajstić information content (AvgIpc) is 0.807. The van der Waals surface area contributed by atoms with Gasteiger partial charge in [-0.25, -0.2) is 9.78 Å². The summed E-state index contributed by atoms with van der Waals surface area (Å²) >= 11 is 5.44. The van der Waals surface area contributed by atoms with Crippen LogP contribution >= 0.6 is 33.8 Å². The number of nitrogens with zero attached hydrogens (tertiary/aromatic N) is 1. The molecule has 1 fully saturated rings. The van der Waals surface area contributed by atoms with Gasteiger partial charge in [0.25, 0.3) is 0 Å². The smallest absolute Gasteiger partial charge is 0.336 e. The number of nitrogens with two attached hydrogens (primary N) is 1. The zero-order valence-corrected chi connectivity index (χ0v) is 81.9. The van der Waals surface area contributed by atoms with Crippen LogP contribution in [0, 0.1) is 17.8 Å². The number of carbonyl (C=O) groups excluding carboxylic acids is 15. The SMILES string of the molecule is CC(C)C[C@@H]1NC(=O)C(CCC(=O)O)NC(=O)CNC(=O)[C@H](CC(C)C)NC(=O)[C@H](Cc2c[nH]cn2)NC(=O)[C@H](Cc2c[nH]c3ccccc23)NC(=O)[C@H](C)NC(=O)[C@@H](NC(=O)[C@H](CC(=O)O)NC(=O)CCNC(=O)CNC(=S)Nc2ccc(-c3c4ccc(=O)cc-4oc4cc(O)ccc34)c(C(=O)O)c2)CSSC[C@@H](C(=O)N[C@H](C(N)=O)[C@@H](C)O)NC(=O)[C@H](Cc2c[nH]c3ccccc23)NC(=O)[C@H](C(C)C)NC1=O. The quantitative estimate of drug-likeness (QED) is 0.0160. The van der Waals surface area contributed by atoms with Gasteiger partial charge in [0, 0.05) is 125 Å². The maximum absolute atomic E-state index is 15.3. The minimum absolute atomic E-state index is 0.0977. The number of aliphatic hydroxyl groups is 1. The Morgan fingerprint density at radius 1 is 0.569 bits per heavy atom. The van der Waals surface area contributed by atoms with E-state index in [0.29, 0.717) is 71.0 Å². The van der Waals surface area contributed by atoms with Crippen molar-refractivity contribution in [2.24, 2.45) is 23.5 Å². The van der Waals surface area contributed by atoms with Crippen molar-refractivity contribution in [1.82, 2.24) is 99.7 Å². The number of carboxylic acid groups (broad SMARTS) is 3. The second kappa shape index (κ2) is 51.8. The molecule has 0 radical (unpaired) electrons. The van der Waals surface area contributed by atoms with Crippen molar-refractivity contribution in [2.45, 2.75) is 192 Å². The molecule has 2 aliphatic heterocycles. The second-order valence-electron chi connectivity index (χ2n) is 35.5. The Bertz CT molecular complexity index is 6300. The number of fused-ring (bicyclic) bond motifs is 4. The molecule has 7 aromatic rings. The number of nitrogens with one attached hydrogen (secondary N) is 19. The summed E-state index contributed by atoms with van der Waals surface area (Å²) in [7, 11) is 1.40. The summed E-state index contributed by atoms with van der Waals surface area (Å²) in [4.78, 5) is 281. The van der Waals surface area contributed by atoms with Gasteiger partial charge in [-0.2, -0.15) is 0 Å². The van der Waals surface area contributed by atoms with Gasteiger partial charge in [0.15, 0.2) is 10.5 Å². The number of hydrogen-bond donors (Lipinski definition) is 25. The molecule has 0 saturated carbocycles. The number of aromatic carboxylic acids is 1. The van der Waals surface area contributed by atoms with Crippen LogP contribution in [-0.2, 0) is 101 Å². The fourth-order valence-corrected chi connectivity index (χ4v) is 18.2. The summed E-state index contributed by atoms with van der Waals surface area (Å²) < 4.78 is 5.92. The molecule has 4 aromatic carbocycles. The Morgan fingerprint density at radius 3 is 1.75 bits per heavy atom. The predicted molar refractivity (Wildman–Crippen MR) is 532 cm³/mol. The van der Waals surface area contributed by atoms with E-state index in [-0.39, 0.29) is 88.7 Å². The number of primary amides is 1. The highest BCUT2D eigenvalue weighted by molar-refractivity contribution is 8.76. The summed E-state index contributed by atoms with van der Waals surface area (Å²) in [6, 6.07) is 5.56. The average molecular weight is 2050 g/mol. The van der Waals surface area contributed by atoms with Crippen LogP contribution in [0.25, 0.3) is 55.2 Å². The molecule has 46 nitrogen and oxygen atoms in total. The van der Waals surface area contributed by atoms with E-state index in [1.54, 1.807) is 88.6 Å². The summed E-state index contributed by atoms with van der Waals surface area (Å²) in [5.74, 6) is -23.3. The van der Waals surface area contributed by atoms with Gasteiger partial charge in [0.2, 0.25) is 88.6 Å². The first-order chi connectivity index (χ1) is 68.4. The summed E-state index contributed by atoms with van der Waals surface area (Å²) in [6.45, 7) is 10.3. The number of aromatic hydroxyl groups is 1. The number of phenolic OH excluding ortho intramolecular Hbond substituents is 1. The highest BCUT2D eigenvalue weighted by Gasteiger charge is 2.40. The number of imidazole rings is 1. The standard InChI is InChI=1S/C95H115N21O25S3/c1-44(2)27-64-84(129)101-40-76(122)106-63(23-24-77(123)124)85(130)110-65(28-45(3)4)90(135)115-80(46(5)6)93(138)112-67(30-50-37-100-62-16-12-10-14-56(50)62)87(132)114-71(92(137)116-81(48(8)117)82(96)127)42-144-143-41-70(91(136)104-47(7)83(128)108-66(29-49-36-99-61-15-11-9-13-55(49)61)86(131)111-68(88(133)109-64)32-52-38-97-43-103-52)113-89(134)69(35-78(125)126)107-74(120)25-26-98-75(121)39-102-95(142)105-51-17-20-57(60(31-51)94(139)140)79-58-21-18-53(118)33-72(58)141-73-34-54(119)19-22-59(73)79/h9-22,31,33-34,36-38,43-48,63-71,80-81,99-100,117-118H,23-30,32,35,39-42H2,1-8H3,(H2,96,127)(H,97,103)(H,98,121)(H,101,129)(H,104,136)(H,106,122)(H,107,120)(H,108,128)(H,109,133)(H,110,130)(H,111,131)(H,112,138)(H,113,134)(H,114,132)(H,115,135)(H,116,137)(H,123,124)(H,125,126)(H,139,140)(H2,102,105,142)/t47-,48+,63?,64-,65-,66-,67-,68-,69-,70-,71-,80-,81-/m0/s1. The zero-order valence-electron chi connectivity index (χ0n) is 79.4. The Labute approximate surface area is 835 Å². The van der Waals surface area contributed by atoms with Crippen molar-refractivity contribution in [3.8, 4) is 28.2 Å².